The summed E-state index contributed by atoms with van der Waals surface area (Å²) in [5, 5.41) is 0.695. The van der Waals surface area contributed by atoms with Crippen LogP contribution in [0.2, 0.25) is 0 Å². The molecule has 2 aromatic carbocycles. The van der Waals surface area contributed by atoms with Crippen LogP contribution in [0.4, 0.5) is 5.13 Å². The quantitative estimate of drug-likeness (QED) is 0.655. The minimum Gasteiger partial charge on any atom is -0.496 e. The molecule has 1 aliphatic heterocycles. The maximum absolute atomic E-state index is 13.5. The highest BCUT2D eigenvalue weighted by Crippen LogP contribution is 2.32. The van der Waals surface area contributed by atoms with Gasteiger partial charge in [-0.3, -0.25) is 9.69 Å². The molecule has 0 radical (unpaired) electrons. The van der Waals surface area contributed by atoms with E-state index in [-0.39, 0.29) is 12.0 Å². The van der Waals surface area contributed by atoms with Gasteiger partial charge in [-0.15, -0.1) is 0 Å². The van der Waals surface area contributed by atoms with Crippen LogP contribution in [0, 0.1) is 6.92 Å². The van der Waals surface area contributed by atoms with Crippen molar-refractivity contribution in [3.8, 4) is 5.75 Å². The van der Waals surface area contributed by atoms with E-state index in [1.807, 2.05) is 49.4 Å². The van der Waals surface area contributed by atoms with Crippen molar-refractivity contribution in [2.24, 2.45) is 0 Å². The van der Waals surface area contributed by atoms with Crippen LogP contribution in [0.3, 0.4) is 0 Å². The van der Waals surface area contributed by atoms with Gasteiger partial charge in [-0.1, -0.05) is 35.1 Å². The number of carbonyl (C=O) groups excluding carboxylic acids is 1. The van der Waals surface area contributed by atoms with Crippen molar-refractivity contribution in [3.05, 3.63) is 53.6 Å². The Hall–Kier alpha value is -2.44. The Morgan fingerprint density at radius 1 is 1.33 bits per heavy atom. The van der Waals surface area contributed by atoms with Crippen LogP contribution in [0.15, 0.2) is 42.5 Å². The number of hydrogen-bond acceptors (Lipinski definition) is 5. The number of aryl methyl sites for hydroxylation is 1. The maximum Gasteiger partial charge on any atom is 0.263 e. The number of methoxy groups -OCH3 is 1. The summed E-state index contributed by atoms with van der Waals surface area (Å²) in [7, 11) is 1.59. The predicted molar refractivity (Wildman–Crippen MR) is 108 cm³/mol. The Labute approximate surface area is 162 Å². The van der Waals surface area contributed by atoms with E-state index in [2.05, 4.69) is 0 Å². The number of anilines is 1. The van der Waals surface area contributed by atoms with Crippen molar-refractivity contribution in [1.29, 1.82) is 0 Å². The molecule has 6 heteroatoms. The van der Waals surface area contributed by atoms with Crippen LogP contribution in [0.25, 0.3) is 10.2 Å². The van der Waals surface area contributed by atoms with Crippen LogP contribution < -0.4 is 9.64 Å². The summed E-state index contributed by atoms with van der Waals surface area (Å²) in [5.74, 6) is 0.467. The first-order valence-corrected chi connectivity index (χ1v) is 9.91. The van der Waals surface area contributed by atoms with E-state index < -0.39 is 0 Å². The average molecular weight is 382 g/mol. The second-order valence-electron chi connectivity index (χ2n) is 6.72. The fraction of sp³-hybridized carbons (Fsp3) is 0.333. The maximum atomic E-state index is 13.5. The fourth-order valence-corrected chi connectivity index (χ4v) is 4.32. The summed E-state index contributed by atoms with van der Waals surface area (Å²) >= 11 is 1.53. The molecule has 0 bridgehead atoms. The number of benzene rings is 2. The molecule has 1 unspecified atom stereocenters. The van der Waals surface area contributed by atoms with Gasteiger partial charge >= 0.3 is 0 Å². The fourth-order valence-electron chi connectivity index (χ4n) is 3.35. The Morgan fingerprint density at radius 3 is 2.93 bits per heavy atom. The predicted octanol–water partition coefficient (Wildman–Crippen LogP) is 4.44. The topological polar surface area (TPSA) is 51.7 Å². The van der Waals surface area contributed by atoms with Gasteiger partial charge in [0.1, 0.15) is 5.75 Å². The van der Waals surface area contributed by atoms with E-state index >= 15 is 0 Å². The molecule has 0 saturated carbocycles. The SMILES string of the molecule is COc1ccc(C)cc1C(=O)N(CC1CCCO1)c1nc2ccccc2s1. The smallest absolute Gasteiger partial charge is 0.263 e. The third kappa shape index (κ3) is 3.68. The minimum absolute atomic E-state index is 0.0387. The average Bonchev–Trinajstić information content (AvgIpc) is 3.34. The number of amides is 1. The minimum atomic E-state index is -0.106. The molecule has 1 aliphatic rings. The Balaban J connectivity index is 1.75. The van der Waals surface area contributed by atoms with Crippen LogP contribution in [0.1, 0.15) is 28.8 Å². The molecule has 1 amide bonds. The highest BCUT2D eigenvalue weighted by Gasteiger charge is 2.28. The molecule has 140 valence electrons. The number of nitrogens with zero attached hydrogens (tertiary/aromatic N) is 2. The summed E-state index contributed by atoms with van der Waals surface area (Å²) < 4.78 is 12.3. The number of fused-ring (bicyclic) bond motifs is 1. The van der Waals surface area contributed by atoms with Gasteiger partial charge in [0.2, 0.25) is 0 Å². The van der Waals surface area contributed by atoms with Crippen molar-refractivity contribution in [3.63, 3.8) is 0 Å². The van der Waals surface area contributed by atoms with Crippen LogP contribution >= 0.6 is 11.3 Å². The molecule has 1 atom stereocenters. The van der Waals surface area contributed by atoms with E-state index in [1.54, 1.807) is 12.0 Å². The van der Waals surface area contributed by atoms with Crippen molar-refractivity contribution in [1.82, 2.24) is 4.98 Å². The third-order valence-electron chi connectivity index (χ3n) is 4.75. The normalized spacial score (nSPS) is 16.6. The lowest BCUT2D eigenvalue weighted by Gasteiger charge is -2.24. The largest absolute Gasteiger partial charge is 0.496 e. The van der Waals surface area contributed by atoms with Crippen molar-refractivity contribution < 1.29 is 14.3 Å². The van der Waals surface area contributed by atoms with E-state index in [1.165, 1.54) is 11.3 Å². The zero-order valence-electron chi connectivity index (χ0n) is 15.5. The molecule has 4 rings (SSSR count). The molecule has 1 fully saturated rings. The van der Waals surface area contributed by atoms with Gasteiger partial charge in [0.05, 0.1) is 35.5 Å². The number of para-hydroxylation sites is 1. The van der Waals surface area contributed by atoms with E-state index in [0.29, 0.717) is 23.0 Å². The molecule has 5 nitrogen and oxygen atoms in total. The Kier molecular flexibility index (Phi) is 5.09. The van der Waals surface area contributed by atoms with Gasteiger partial charge in [-0.05, 0) is 44.0 Å². The van der Waals surface area contributed by atoms with Gasteiger partial charge in [0.15, 0.2) is 5.13 Å². The number of aromatic nitrogens is 1. The molecule has 1 aromatic heterocycles. The monoisotopic (exact) mass is 382 g/mol. The number of carbonyl (C=O) groups is 1. The molecule has 3 aromatic rings. The molecular weight excluding hydrogens is 360 g/mol. The highest BCUT2D eigenvalue weighted by atomic mass is 32.1. The van der Waals surface area contributed by atoms with Crippen molar-refractivity contribution in [2.45, 2.75) is 25.9 Å². The Bertz CT molecular complexity index is 930. The molecule has 1 saturated heterocycles. The Morgan fingerprint density at radius 2 is 2.19 bits per heavy atom. The lowest BCUT2D eigenvalue weighted by Crippen LogP contribution is -2.37. The van der Waals surface area contributed by atoms with Crippen molar-refractivity contribution >= 4 is 32.6 Å². The van der Waals surface area contributed by atoms with Crippen molar-refractivity contribution in [2.75, 3.05) is 25.2 Å². The molecule has 0 aliphatic carbocycles. The second kappa shape index (κ2) is 7.66. The van der Waals surface area contributed by atoms with E-state index in [9.17, 15) is 4.79 Å². The number of rotatable bonds is 5. The molecule has 27 heavy (non-hydrogen) atoms. The summed E-state index contributed by atoms with van der Waals surface area (Å²) in [5.41, 5.74) is 2.47. The molecule has 0 N–H and O–H groups in total. The number of thiazole rings is 1. The standard InChI is InChI=1S/C21H22N2O3S/c1-14-9-10-18(25-2)16(12-14)20(24)23(13-15-6-5-11-26-15)21-22-17-7-3-4-8-19(17)27-21/h3-4,7-10,12,15H,5-6,11,13H2,1-2H3. The first kappa shape index (κ1) is 17.9. The van der Waals surface area contributed by atoms with Gasteiger partial charge in [-0.2, -0.15) is 0 Å². The van der Waals surface area contributed by atoms with Gasteiger partial charge < -0.3 is 9.47 Å². The van der Waals surface area contributed by atoms with Gasteiger partial charge in [0.25, 0.3) is 5.91 Å². The van der Waals surface area contributed by atoms with Gasteiger partial charge in [0, 0.05) is 6.61 Å². The molecular formula is C21H22N2O3S. The molecule has 2 heterocycles. The number of hydrogen-bond donors (Lipinski definition) is 0. The second-order valence-corrected chi connectivity index (χ2v) is 7.73. The van der Waals surface area contributed by atoms with Crippen LogP contribution in [-0.2, 0) is 4.74 Å². The van der Waals surface area contributed by atoms with Crippen LogP contribution in [-0.4, -0.2) is 37.3 Å². The van der Waals surface area contributed by atoms with Crippen LogP contribution in [0.5, 0.6) is 5.75 Å². The summed E-state index contributed by atoms with van der Waals surface area (Å²) in [6, 6.07) is 13.6. The van der Waals surface area contributed by atoms with E-state index in [4.69, 9.17) is 14.5 Å². The lowest BCUT2D eigenvalue weighted by atomic mass is 10.1. The summed E-state index contributed by atoms with van der Waals surface area (Å²) in [4.78, 5) is 20.0. The lowest BCUT2D eigenvalue weighted by molar-refractivity contribution is 0.0915. The third-order valence-corrected chi connectivity index (χ3v) is 5.81. The summed E-state index contributed by atoms with van der Waals surface area (Å²) in [6.45, 7) is 3.22. The first-order chi connectivity index (χ1) is 13.2. The summed E-state index contributed by atoms with van der Waals surface area (Å²) in [6.07, 6.45) is 2.02. The molecule has 0 spiro atoms. The highest BCUT2D eigenvalue weighted by molar-refractivity contribution is 7.22. The van der Waals surface area contributed by atoms with E-state index in [0.717, 1.165) is 35.2 Å². The first-order valence-electron chi connectivity index (χ1n) is 9.09. The zero-order valence-corrected chi connectivity index (χ0v) is 16.3. The van der Waals surface area contributed by atoms with Gasteiger partial charge in [-0.25, -0.2) is 4.98 Å². The zero-order chi connectivity index (χ0) is 18.8. The number of ether oxygens (including phenoxy) is 2.